The van der Waals surface area contributed by atoms with Gasteiger partial charge in [0.05, 0.1) is 0 Å². The van der Waals surface area contributed by atoms with Crippen molar-refractivity contribution in [2.24, 2.45) is 0 Å². The fraction of sp³-hybridized carbons (Fsp3) is 0.500. The van der Waals surface area contributed by atoms with Crippen LogP contribution in [-0.2, 0) is 16.1 Å². The molecule has 1 aromatic carbocycles. The van der Waals surface area contributed by atoms with Gasteiger partial charge in [0.25, 0.3) is 0 Å². The van der Waals surface area contributed by atoms with Crippen LogP contribution >= 0.6 is 0 Å². The van der Waals surface area contributed by atoms with Crippen molar-refractivity contribution in [1.82, 2.24) is 9.80 Å². The van der Waals surface area contributed by atoms with Crippen LogP contribution in [0.4, 0.5) is 0 Å². The molecule has 1 aromatic rings. The van der Waals surface area contributed by atoms with Crippen molar-refractivity contribution in [3.63, 3.8) is 0 Å². The van der Waals surface area contributed by atoms with E-state index in [1.165, 1.54) is 0 Å². The van der Waals surface area contributed by atoms with Gasteiger partial charge in [0.2, 0.25) is 5.91 Å². The van der Waals surface area contributed by atoms with E-state index in [2.05, 4.69) is 4.90 Å². The monoisotopic (exact) mass is 250 g/mol. The summed E-state index contributed by atoms with van der Waals surface area (Å²) in [6, 6.07) is 10.0. The van der Waals surface area contributed by atoms with Gasteiger partial charge in [0.15, 0.2) is 0 Å². The summed E-state index contributed by atoms with van der Waals surface area (Å²) in [6.07, 6.45) is 0. The van der Waals surface area contributed by atoms with Gasteiger partial charge in [-0.1, -0.05) is 30.3 Å². The van der Waals surface area contributed by atoms with Crippen LogP contribution in [0.5, 0.6) is 0 Å². The molecule has 0 saturated carbocycles. The molecular weight excluding hydrogens is 228 g/mol. The number of nitrogens with zero attached hydrogens (tertiary/aromatic N) is 2. The Morgan fingerprint density at radius 3 is 2.39 bits per heavy atom. The molecule has 0 N–H and O–H groups in total. The summed E-state index contributed by atoms with van der Waals surface area (Å²) in [7, 11) is 5.55. The van der Waals surface area contributed by atoms with Crippen molar-refractivity contribution in [3.05, 3.63) is 35.9 Å². The van der Waals surface area contributed by atoms with E-state index < -0.39 is 0 Å². The van der Waals surface area contributed by atoms with E-state index in [1.807, 2.05) is 49.3 Å². The largest absolute Gasteiger partial charge is 0.375 e. The Morgan fingerprint density at radius 1 is 1.17 bits per heavy atom. The van der Waals surface area contributed by atoms with Crippen LogP contribution < -0.4 is 0 Å². The van der Waals surface area contributed by atoms with Gasteiger partial charge in [0, 0.05) is 26.7 Å². The number of ether oxygens (including phenoxy) is 1. The molecule has 4 heteroatoms. The lowest BCUT2D eigenvalue weighted by molar-refractivity contribution is -0.135. The molecule has 0 aliphatic heterocycles. The molecule has 18 heavy (non-hydrogen) atoms. The number of hydrogen-bond acceptors (Lipinski definition) is 3. The minimum absolute atomic E-state index is 0.0307. The van der Waals surface area contributed by atoms with Gasteiger partial charge in [-0.25, -0.2) is 0 Å². The number of amides is 1. The molecule has 0 bridgehead atoms. The van der Waals surface area contributed by atoms with Crippen molar-refractivity contribution < 1.29 is 9.53 Å². The summed E-state index contributed by atoms with van der Waals surface area (Å²) >= 11 is 0. The maximum absolute atomic E-state index is 11.9. The van der Waals surface area contributed by atoms with Crippen LogP contribution in [0.2, 0.25) is 0 Å². The van der Waals surface area contributed by atoms with Crippen LogP contribution in [0.25, 0.3) is 0 Å². The fourth-order valence-electron chi connectivity index (χ4n) is 1.63. The summed E-state index contributed by atoms with van der Waals surface area (Å²) in [6.45, 7) is 2.34. The zero-order chi connectivity index (χ0) is 13.4. The maximum Gasteiger partial charge on any atom is 0.248 e. The lowest BCUT2D eigenvalue weighted by Gasteiger charge is -2.24. The third-order valence-corrected chi connectivity index (χ3v) is 2.65. The second kappa shape index (κ2) is 7.84. The summed E-state index contributed by atoms with van der Waals surface area (Å²) in [5.74, 6) is 0.0307. The highest BCUT2D eigenvalue weighted by Gasteiger charge is 2.13. The molecule has 1 rings (SSSR count). The quantitative estimate of drug-likeness (QED) is 0.729. The Morgan fingerprint density at radius 2 is 1.83 bits per heavy atom. The number of carbonyl (C=O) groups is 1. The standard InChI is InChI=1S/C14H22N2O2/c1-15(2)9-10-16(14(17)12-18-3)11-13-7-5-4-6-8-13/h4-8H,9-12H2,1-3H3. The first-order valence-corrected chi connectivity index (χ1v) is 6.09. The third-order valence-electron chi connectivity index (χ3n) is 2.65. The molecule has 1 amide bonds. The van der Waals surface area contributed by atoms with E-state index in [-0.39, 0.29) is 12.5 Å². The van der Waals surface area contributed by atoms with Crippen molar-refractivity contribution >= 4 is 5.91 Å². The van der Waals surface area contributed by atoms with E-state index in [9.17, 15) is 4.79 Å². The molecule has 0 heterocycles. The second-order valence-corrected chi connectivity index (χ2v) is 4.54. The predicted octanol–water partition coefficient (Wildman–Crippen LogP) is 1.22. The Kier molecular flexibility index (Phi) is 6.39. The van der Waals surface area contributed by atoms with Gasteiger partial charge in [0.1, 0.15) is 6.61 Å². The minimum atomic E-state index is 0.0307. The highest BCUT2D eigenvalue weighted by Crippen LogP contribution is 2.05. The molecule has 0 unspecified atom stereocenters. The molecular formula is C14H22N2O2. The molecule has 0 saturated heterocycles. The topological polar surface area (TPSA) is 32.8 Å². The molecule has 0 atom stereocenters. The van der Waals surface area contributed by atoms with E-state index in [0.29, 0.717) is 13.1 Å². The first-order chi connectivity index (χ1) is 8.63. The van der Waals surface area contributed by atoms with Gasteiger partial charge >= 0.3 is 0 Å². The van der Waals surface area contributed by atoms with Crippen molar-refractivity contribution in [2.45, 2.75) is 6.54 Å². The molecule has 0 spiro atoms. The number of carbonyl (C=O) groups excluding carboxylic acids is 1. The minimum Gasteiger partial charge on any atom is -0.375 e. The molecule has 0 aromatic heterocycles. The molecule has 4 nitrogen and oxygen atoms in total. The van der Waals surface area contributed by atoms with E-state index >= 15 is 0 Å². The van der Waals surface area contributed by atoms with E-state index in [4.69, 9.17) is 4.74 Å². The van der Waals surface area contributed by atoms with Crippen LogP contribution in [0, 0.1) is 0 Å². The van der Waals surface area contributed by atoms with Gasteiger partial charge in [-0.3, -0.25) is 4.79 Å². The Labute approximate surface area is 109 Å². The summed E-state index contributed by atoms with van der Waals surface area (Å²) < 4.78 is 4.92. The maximum atomic E-state index is 11.9. The van der Waals surface area contributed by atoms with E-state index in [0.717, 1.165) is 12.1 Å². The third kappa shape index (κ3) is 5.29. The normalized spacial score (nSPS) is 10.7. The van der Waals surface area contributed by atoms with Crippen molar-refractivity contribution in [3.8, 4) is 0 Å². The zero-order valence-electron chi connectivity index (χ0n) is 11.4. The van der Waals surface area contributed by atoms with Crippen molar-refractivity contribution in [1.29, 1.82) is 0 Å². The lowest BCUT2D eigenvalue weighted by atomic mass is 10.2. The summed E-state index contributed by atoms with van der Waals surface area (Å²) in [5, 5.41) is 0. The average molecular weight is 250 g/mol. The Hall–Kier alpha value is -1.39. The number of rotatable bonds is 7. The highest BCUT2D eigenvalue weighted by atomic mass is 16.5. The molecule has 0 aliphatic carbocycles. The van der Waals surface area contributed by atoms with Crippen molar-refractivity contribution in [2.75, 3.05) is 40.9 Å². The Balaban J connectivity index is 2.62. The number of likely N-dealkylation sites (N-methyl/N-ethyl adjacent to an activating group) is 1. The predicted molar refractivity (Wildman–Crippen MR) is 72.3 cm³/mol. The van der Waals surface area contributed by atoms with E-state index in [1.54, 1.807) is 7.11 Å². The molecule has 100 valence electrons. The van der Waals surface area contributed by atoms with Gasteiger partial charge in [-0.2, -0.15) is 0 Å². The SMILES string of the molecule is COCC(=O)N(CCN(C)C)Cc1ccccc1. The molecule has 0 radical (unpaired) electrons. The van der Waals surface area contributed by atoms with Crippen LogP contribution in [0.15, 0.2) is 30.3 Å². The fourth-order valence-corrected chi connectivity index (χ4v) is 1.63. The van der Waals surface area contributed by atoms with Crippen LogP contribution in [-0.4, -0.2) is 56.6 Å². The second-order valence-electron chi connectivity index (χ2n) is 4.54. The van der Waals surface area contributed by atoms with Gasteiger partial charge < -0.3 is 14.5 Å². The molecule has 0 fully saturated rings. The Bertz CT molecular complexity index is 352. The number of benzene rings is 1. The number of hydrogen-bond donors (Lipinski definition) is 0. The molecule has 0 aliphatic rings. The van der Waals surface area contributed by atoms with Crippen LogP contribution in [0.1, 0.15) is 5.56 Å². The van der Waals surface area contributed by atoms with Crippen LogP contribution in [0.3, 0.4) is 0 Å². The van der Waals surface area contributed by atoms with Gasteiger partial charge in [-0.05, 0) is 19.7 Å². The first kappa shape index (κ1) is 14.7. The highest BCUT2D eigenvalue weighted by molar-refractivity contribution is 5.77. The zero-order valence-corrected chi connectivity index (χ0v) is 11.4. The lowest BCUT2D eigenvalue weighted by Crippen LogP contribution is -2.38. The first-order valence-electron chi connectivity index (χ1n) is 6.09. The summed E-state index contributed by atoms with van der Waals surface area (Å²) in [4.78, 5) is 15.8. The average Bonchev–Trinajstić information content (AvgIpc) is 2.35. The smallest absolute Gasteiger partial charge is 0.248 e. The number of methoxy groups -OCH3 is 1. The van der Waals surface area contributed by atoms with Gasteiger partial charge in [-0.15, -0.1) is 0 Å². The summed E-state index contributed by atoms with van der Waals surface area (Å²) in [5.41, 5.74) is 1.14.